The predicted molar refractivity (Wildman–Crippen MR) is 89.3 cm³/mol. The molecule has 108 valence electrons. The summed E-state index contributed by atoms with van der Waals surface area (Å²) in [5, 5.41) is 17.0. The zero-order valence-corrected chi connectivity index (χ0v) is 12.5. The first-order valence-electron chi connectivity index (χ1n) is 6.56. The SMILES string of the molecule is C/C(=N\NC(=S)NCc1ccccc1)c1ccc(O)cc1. The first-order chi connectivity index (χ1) is 10.1. The third-order valence-electron chi connectivity index (χ3n) is 2.91. The number of hydrazone groups is 1. The third kappa shape index (κ3) is 4.89. The van der Waals surface area contributed by atoms with Gasteiger partial charge in [0.1, 0.15) is 5.75 Å². The second-order valence-corrected chi connectivity index (χ2v) is 4.93. The number of benzene rings is 2. The molecular formula is C16H17N3OS. The third-order valence-corrected chi connectivity index (χ3v) is 3.14. The highest BCUT2D eigenvalue weighted by Crippen LogP contribution is 2.10. The number of phenols is 1. The van der Waals surface area contributed by atoms with Crippen LogP contribution in [-0.4, -0.2) is 15.9 Å². The van der Waals surface area contributed by atoms with Crippen molar-refractivity contribution in [2.45, 2.75) is 13.5 Å². The van der Waals surface area contributed by atoms with Gasteiger partial charge in [0.2, 0.25) is 0 Å². The van der Waals surface area contributed by atoms with Crippen LogP contribution in [0.4, 0.5) is 0 Å². The molecule has 0 amide bonds. The van der Waals surface area contributed by atoms with Crippen molar-refractivity contribution in [3.05, 3.63) is 65.7 Å². The fourth-order valence-electron chi connectivity index (χ4n) is 1.72. The van der Waals surface area contributed by atoms with Crippen LogP contribution in [0.2, 0.25) is 0 Å². The van der Waals surface area contributed by atoms with Crippen molar-refractivity contribution in [1.82, 2.24) is 10.7 Å². The molecule has 0 unspecified atom stereocenters. The van der Waals surface area contributed by atoms with Crippen LogP contribution in [0.3, 0.4) is 0 Å². The molecule has 0 radical (unpaired) electrons. The van der Waals surface area contributed by atoms with E-state index in [2.05, 4.69) is 15.8 Å². The van der Waals surface area contributed by atoms with E-state index in [1.165, 1.54) is 0 Å². The first-order valence-corrected chi connectivity index (χ1v) is 6.97. The van der Waals surface area contributed by atoms with Crippen LogP contribution >= 0.6 is 12.2 Å². The van der Waals surface area contributed by atoms with Crippen LogP contribution in [-0.2, 0) is 6.54 Å². The highest BCUT2D eigenvalue weighted by Gasteiger charge is 1.99. The number of hydrogen-bond acceptors (Lipinski definition) is 3. The van der Waals surface area contributed by atoms with Crippen LogP contribution in [0.15, 0.2) is 59.7 Å². The molecule has 0 aromatic heterocycles. The van der Waals surface area contributed by atoms with E-state index in [0.29, 0.717) is 11.7 Å². The molecule has 0 atom stereocenters. The molecule has 21 heavy (non-hydrogen) atoms. The first kappa shape index (κ1) is 15.0. The summed E-state index contributed by atoms with van der Waals surface area (Å²) in [7, 11) is 0. The van der Waals surface area contributed by atoms with Gasteiger partial charge in [0.15, 0.2) is 5.11 Å². The lowest BCUT2D eigenvalue weighted by Crippen LogP contribution is -2.32. The van der Waals surface area contributed by atoms with Crippen LogP contribution in [0.5, 0.6) is 5.75 Å². The molecule has 0 aliphatic rings. The zero-order chi connectivity index (χ0) is 15.1. The molecular weight excluding hydrogens is 282 g/mol. The van der Waals surface area contributed by atoms with E-state index >= 15 is 0 Å². The lowest BCUT2D eigenvalue weighted by molar-refractivity contribution is 0.475. The second kappa shape index (κ2) is 7.40. The van der Waals surface area contributed by atoms with Crippen molar-refractivity contribution in [1.29, 1.82) is 0 Å². The van der Waals surface area contributed by atoms with E-state index in [4.69, 9.17) is 12.2 Å². The molecule has 0 heterocycles. The summed E-state index contributed by atoms with van der Waals surface area (Å²) in [6.07, 6.45) is 0. The number of rotatable bonds is 4. The average Bonchev–Trinajstić information content (AvgIpc) is 2.52. The van der Waals surface area contributed by atoms with E-state index < -0.39 is 0 Å². The highest BCUT2D eigenvalue weighted by atomic mass is 32.1. The van der Waals surface area contributed by atoms with Gasteiger partial charge in [-0.15, -0.1) is 0 Å². The van der Waals surface area contributed by atoms with E-state index in [1.807, 2.05) is 37.3 Å². The Hall–Kier alpha value is -2.40. The van der Waals surface area contributed by atoms with Gasteiger partial charge in [-0.2, -0.15) is 5.10 Å². The fourth-order valence-corrected chi connectivity index (χ4v) is 1.84. The molecule has 0 aliphatic heterocycles. The van der Waals surface area contributed by atoms with E-state index in [0.717, 1.165) is 16.8 Å². The van der Waals surface area contributed by atoms with E-state index in [-0.39, 0.29) is 5.75 Å². The van der Waals surface area contributed by atoms with Gasteiger partial charge in [0, 0.05) is 6.54 Å². The second-order valence-electron chi connectivity index (χ2n) is 4.52. The summed E-state index contributed by atoms with van der Waals surface area (Å²) in [5.41, 5.74) is 5.68. The van der Waals surface area contributed by atoms with Gasteiger partial charge >= 0.3 is 0 Å². The zero-order valence-electron chi connectivity index (χ0n) is 11.7. The molecule has 2 aromatic rings. The number of nitrogens with one attached hydrogen (secondary N) is 2. The Morgan fingerprint density at radius 3 is 2.43 bits per heavy atom. The Labute approximate surface area is 129 Å². The van der Waals surface area contributed by atoms with Crippen molar-refractivity contribution >= 4 is 23.0 Å². The quantitative estimate of drug-likeness (QED) is 0.461. The van der Waals surface area contributed by atoms with Crippen molar-refractivity contribution in [3.8, 4) is 5.75 Å². The maximum absolute atomic E-state index is 9.25. The molecule has 2 aromatic carbocycles. The van der Waals surface area contributed by atoms with Crippen LogP contribution in [0.25, 0.3) is 0 Å². The summed E-state index contributed by atoms with van der Waals surface area (Å²) in [4.78, 5) is 0. The minimum atomic E-state index is 0.236. The van der Waals surface area contributed by atoms with Gasteiger partial charge in [-0.25, -0.2) is 0 Å². The lowest BCUT2D eigenvalue weighted by Gasteiger charge is -2.08. The Balaban J connectivity index is 1.85. The minimum Gasteiger partial charge on any atom is -0.508 e. The fraction of sp³-hybridized carbons (Fsp3) is 0.125. The molecule has 0 saturated heterocycles. The van der Waals surface area contributed by atoms with Crippen molar-refractivity contribution < 1.29 is 5.11 Å². The smallest absolute Gasteiger partial charge is 0.187 e. The summed E-state index contributed by atoms with van der Waals surface area (Å²) < 4.78 is 0. The number of hydrogen-bond donors (Lipinski definition) is 3. The van der Waals surface area contributed by atoms with Crippen LogP contribution < -0.4 is 10.7 Å². The van der Waals surface area contributed by atoms with Gasteiger partial charge < -0.3 is 10.4 Å². The van der Waals surface area contributed by atoms with Gasteiger partial charge in [-0.3, -0.25) is 5.43 Å². The maximum Gasteiger partial charge on any atom is 0.187 e. The largest absolute Gasteiger partial charge is 0.508 e. The predicted octanol–water partition coefficient (Wildman–Crippen LogP) is 2.78. The topological polar surface area (TPSA) is 56.7 Å². The molecule has 0 spiro atoms. The van der Waals surface area contributed by atoms with Crippen molar-refractivity contribution in [2.24, 2.45) is 5.10 Å². The normalized spacial score (nSPS) is 11.0. The van der Waals surface area contributed by atoms with E-state index in [1.54, 1.807) is 24.3 Å². The van der Waals surface area contributed by atoms with Gasteiger partial charge in [-0.05, 0) is 54.5 Å². The Bertz CT molecular complexity index is 624. The maximum atomic E-state index is 9.25. The molecule has 0 bridgehead atoms. The summed E-state index contributed by atoms with van der Waals surface area (Å²) >= 11 is 5.17. The Morgan fingerprint density at radius 1 is 1.10 bits per heavy atom. The van der Waals surface area contributed by atoms with Crippen LogP contribution in [0, 0.1) is 0 Å². The number of aromatic hydroxyl groups is 1. The highest BCUT2D eigenvalue weighted by molar-refractivity contribution is 7.80. The molecule has 2 rings (SSSR count). The molecule has 0 fully saturated rings. The summed E-state index contributed by atoms with van der Waals surface area (Å²) in [5.74, 6) is 0.236. The Kier molecular flexibility index (Phi) is 5.29. The monoisotopic (exact) mass is 299 g/mol. The summed E-state index contributed by atoms with van der Waals surface area (Å²) in [6.45, 7) is 2.53. The molecule has 0 aliphatic carbocycles. The minimum absolute atomic E-state index is 0.236. The molecule has 3 N–H and O–H groups in total. The standard InChI is InChI=1S/C16H17N3OS/c1-12(14-7-9-15(20)10-8-14)18-19-16(21)17-11-13-5-3-2-4-6-13/h2-10,20H,11H2,1H3,(H2,17,19,21)/b18-12+. The Morgan fingerprint density at radius 2 is 1.76 bits per heavy atom. The molecule has 0 saturated carbocycles. The van der Waals surface area contributed by atoms with Gasteiger partial charge in [0.25, 0.3) is 0 Å². The number of nitrogens with zero attached hydrogens (tertiary/aromatic N) is 1. The van der Waals surface area contributed by atoms with Crippen LogP contribution in [0.1, 0.15) is 18.1 Å². The van der Waals surface area contributed by atoms with Crippen molar-refractivity contribution in [2.75, 3.05) is 0 Å². The number of phenolic OH excluding ortho intramolecular Hbond substituents is 1. The number of thiocarbonyl (C=S) groups is 1. The van der Waals surface area contributed by atoms with E-state index in [9.17, 15) is 5.11 Å². The van der Waals surface area contributed by atoms with Gasteiger partial charge in [-0.1, -0.05) is 30.3 Å². The molecule has 5 heteroatoms. The van der Waals surface area contributed by atoms with Gasteiger partial charge in [0.05, 0.1) is 5.71 Å². The van der Waals surface area contributed by atoms with Crippen molar-refractivity contribution in [3.63, 3.8) is 0 Å². The lowest BCUT2D eigenvalue weighted by atomic mass is 10.1. The summed E-state index contributed by atoms with van der Waals surface area (Å²) in [6, 6.07) is 16.9. The molecule has 4 nitrogen and oxygen atoms in total. The average molecular weight is 299 g/mol.